The van der Waals surface area contributed by atoms with Crippen molar-refractivity contribution in [1.82, 2.24) is 24.9 Å². The van der Waals surface area contributed by atoms with Crippen LogP contribution < -0.4 is 5.32 Å². The van der Waals surface area contributed by atoms with Crippen LogP contribution in [-0.2, 0) is 12.7 Å². The molecule has 0 unspecified atom stereocenters. The molecule has 0 radical (unpaired) electrons. The fourth-order valence-electron chi connectivity index (χ4n) is 3.23. The van der Waals surface area contributed by atoms with Gasteiger partial charge in [-0.3, -0.25) is 9.48 Å². The van der Waals surface area contributed by atoms with Gasteiger partial charge in [0.05, 0.1) is 33.4 Å². The summed E-state index contributed by atoms with van der Waals surface area (Å²) in [6.07, 6.45) is -4.21. The second-order valence-corrected chi connectivity index (χ2v) is 7.25. The molecule has 0 fully saturated rings. The van der Waals surface area contributed by atoms with E-state index in [2.05, 4.69) is 15.5 Å². The molecule has 0 bridgehead atoms. The normalized spacial score (nSPS) is 11.7. The number of halogens is 4. The Morgan fingerprint density at radius 1 is 1.10 bits per heavy atom. The standard InChI is InChI=1S/C20H21ClF3N5O/c1-12-16(13(2)29(26-12)15-8-5-4-6-9-15)19(30)25-10-7-11-28-14(3)17(21)18(27-28)20(22,23)24/h4-6,8-9H,7,10-11H2,1-3H3,(H,25,30). The number of nitrogens with zero attached hydrogens (tertiary/aromatic N) is 4. The maximum Gasteiger partial charge on any atom is 0.436 e. The topological polar surface area (TPSA) is 64.7 Å². The molecule has 30 heavy (non-hydrogen) atoms. The summed E-state index contributed by atoms with van der Waals surface area (Å²) in [5, 5.41) is 10.4. The zero-order valence-electron chi connectivity index (χ0n) is 16.7. The lowest BCUT2D eigenvalue weighted by atomic mass is 10.2. The molecule has 0 saturated carbocycles. The highest BCUT2D eigenvalue weighted by atomic mass is 35.5. The number of aromatic nitrogens is 4. The zero-order chi connectivity index (χ0) is 22.1. The van der Waals surface area contributed by atoms with Gasteiger partial charge in [-0.2, -0.15) is 23.4 Å². The maximum atomic E-state index is 12.9. The molecule has 0 saturated heterocycles. The first-order valence-electron chi connectivity index (χ1n) is 9.31. The summed E-state index contributed by atoms with van der Waals surface area (Å²) in [4.78, 5) is 12.6. The zero-order valence-corrected chi connectivity index (χ0v) is 17.5. The smallest absolute Gasteiger partial charge is 0.352 e. The largest absolute Gasteiger partial charge is 0.436 e. The fourth-order valence-corrected chi connectivity index (χ4v) is 3.48. The summed E-state index contributed by atoms with van der Waals surface area (Å²) >= 11 is 5.75. The van der Waals surface area contributed by atoms with Crippen LogP contribution in [-0.4, -0.2) is 32.0 Å². The summed E-state index contributed by atoms with van der Waals surface area (Å²) in [6.45, 7) is 5.52. The summed E-state index contributed by atoms with van der Waals surface area (Å²) < 4.78 is 41.6. The second kappa shape index (κ2) is 8.51. The number of para-hydroxylation sites is 1. The number of hydrogen-bond donors (Lipinski definition) is 1. The number of amides is 1. The Labute approximate surface area is 176 Å². The van der Waals surface area contributed by atoms with Crippen molar-refractivity contribution < 1.29 is 18.0 Å². The summed E-state index contributed by atoms with van der Waals surface area (Å²) in [7, 11) is 0. The molecule has 2 heterocycles. The minimum absolute atomic E-state index is 0.198. The highest BCUT2D eigenvalue weighted by Gasteiger charge is 2.38. The van der Waals surface area contributed by atoms with Crippen LogP contribution in [0.25, 0.3) is 5.69 Å². The first-order chi connectivity index (χ1) is 14.1. The van der Waals surface area contributed by atoms with Crippen molar-refractivity contribution in [3.63, 3.8) is 0 Å². The van der Waals surface area contributed by atoms with Gasteiger partial charge in [0.1, 0.15) is 0 Å². The van der Waals surface area contributed by atoms with Crippen molar-refractivity contribution >= 4 is 17.5 Å². The third kappa shape index (κ3) is 4.35. The van der Waals surface area contributed by atoms with E-state index in [1.54, 1.807) is 11.6 Å². The molecule has 0 spiro atoms. The number of carbonyl (C=O) groups is 1. The van der Waals surface area contributed by atoms with E-state index in [4.69, 9.17) is 11.6 Å². The molecule has 2 aromatic heterocycles. The van der Waals surface area contributed by atoms with Gasteiger partial charge in [-0.05, 0) is 39.3 Å². The molecular weight excluding hydrogens is 419 g/mol. The van der Waals surface area contributed by atoms with E-state index in [9.17, 15) is 18.0 Å². The van der Waals surface area contributed by atoms with Crippen molar-refractivity contribution in [1.29, 1.82) is 0 Å². The number of rotatable bonds is 6. The van der Waals surface area contributed by atoms with Crippen LogP contribution in [0.5, 0.6) is 0 Å². The molecular formula is C20H21ClF3N5O. The van der Waals surface area contributed by atoms with Gasteiger partial charge < -0.3 is 5.32 Å². The Bertz CT molecular complexity index is 1060. The lowest BCUT2D eigenvalue weighted by molar-refractivity contribution is -0.141. The Kier molecular flexibility index (Phi) is 6.21. The third-order valence-electron chi connectivity index (χ3n) is 4.75. The quantitative estimate of drug-likeness (QED) is 0.576. The van der Waals surface area contributed by atoms with Crippen molar-refractivity contribution in [2.45, 2.75) is 39.9 Å². The highest BCUT2D eigenvalue weighted by molar-refractivity contribution is 6.31. The van der Waals surface area contributed by atoms with Gasteiger partial charge >= 0.3 is 6.18 Å². The molecule has 160 valence electrons. The number of alkyl halides is 3. The van der Waals surface area contributed by atoms with Gasteiger partial charge in [0.15, 0.2) is 5.69 Å². The average molecular weight is 440 g/mol. The van der Waals surface area contributed by atoms with E-state index < -0.39 is 16.9 Å². The Morgan fingerprint density at radius 3 is 2.37 bits per heavy atom. The molecule has 3 rings (SSSR count). The molecule has 3 aromatic rings. The minimum atomic E-state index is -4.60. The van der Waals surface area contributed by atoms with Gasteiger partial charge in [0.25, 0.3) is 5.91 Å². The molecule has 1 amide bonds. The SMILES string of the molecule is Cc1nn(-c2ccccc2)c(C)c1C(=O)NCCCn1nc(C(F)(F)F)c(Cl)c1C. The monoisotopic (exact) mass is 439 g/mol. The van der Waals surface area contributed by atoms with Crippen LogP contribution in [0.3, 0.4) is 0 Å². The van der Waals surface area contributed by atoms with Crippen LogP contribution in [0.15, 0.2) is 30.3 Å². The number of hydrogen-bond acceptors (Lipinski definition) is 3. The molecule has 10 heteroatoms. The van der Waals surface area contributed by atoms with E-state index in [1.807, 2.05) is 37.3 Å². The van der Waals surface area contributed by atoms with E-state index in [-0.39, 0.29) is 24.7 Å². The van der Waals surface area contributed by atoms with Crippen molar-refractivity contribution in [2.75, 3.05) is 6.54 Å². The maximum absolute atomic E-state index is 12.9. The molecule has 0 atom stereocenters. The predicted molar refractivity (Wildman–Crippen MR) is 107 cm³/mol. The first-order valence-corrected chi connectivity index (χ1v) is 9.69. The van der Waals surface area contributed by atoms with Crippen LogP contribution in [0.2, 0.25) is 5.02 Å². The number of carbonyl (C=O) groups excluding carboxylic acids is 1. The van der Waals surface area contributed by atoms with E-state index >= 15 is 0 Å². The van der Waals surface area contributed by atoms with Crippen molar-refractivity contribution in [2.24, 2.45) is 0 Å². The minimum Gasteiger partial charge on any atom is -0.352 e. The van der Waals surface area contributed by atoms with Gasteiger partial charge in [0.2, 0.25) is 0 Å². The Morgan fingerprint density at radius 2 is 1.77 bits per heavy atom. The Balaban J connectivity index is 1.63. The number of benzene rings is 1. The third-order valence-corrected chi connectivity index (χ3v) is 5.21. The lowest BCUT2D eigenvalue weighted by Gasteiger charge is -2.08. The summed E-state index contributed by atoms with van der Waals surface area (Å²) in [6, 6.07) is 9.47. The molecule has 0 aliphatic carbocycles. The second-order valence-electron chi connectivity index (χ2n) is 6.87. The average Bonchev–Trinajstić information content (AvgIpc) is 3.15. The van der Waals surface area contributed by atoms with Crippen LogP contribution in [0.1, 0.15) is 39.6 Å². The van der Waals surface area contributed by atoms with Gasteiger partial charge in [-0.25, -0.2) is 4.68 Å². The van der Waals surface area contributed by atoms with Crippen LogP contribution in [0.4, 0.5) is 13.2 Å². The molecule has 6 nitrogen and oxygen atoms in total. The van der Waals surface area contributed by atoms with E-state index in [1.165, 1.54) is 11.6 Å². The molecule has 0 aliphatic heterocycles. The van der Waals surface area contributed by atoms with Crippen molar-refractivity contribution in [3.05, 3.63) is 63.7 Å². The summed E-state index contributed by atoms with van der Waals surface area (Å²) in [5.41, 5.74) is 1.79. The molecule has 0 aliphatic rings. The summed E-state index contributed by atoms with van der Waals surface area (Å²) in [5.74, 6) is -0.279. The number of aryl methyl sites for hydroxylation is 2. The van der Waals surface area contributed by atoms with Crippen LogP contribution >= 0.6 is 11.6 Å². The highest BCUT2D eigenvalue weighted by Crippen LogP contribution is 2.35. The molecule has 1 aromatic carbocycles. The molecule has 1 N–H and O–H groups in total. The van der Waals surface area contributed by atoms with Gasteiger partial charge in [-0.1, -0.05) is 29.8 Å². The lowest BCUT2D eigenvalue weighted by Crippen LogP contribution is -2.26. The predicted octanol–water partition coefficient (Wildman–Crippen LogP) is 4.49. The van der Waals surface area contributed by atoms with Crippen molar-refractivity contribution in [3.8, 4) is 5.69 Å². The first kappa shape index (κ1) is 21.9. The number of nitrogens with one attached hydrogen (secondary N) is 1. The Hall–Kier alpha value is -2.81. The van der Waals surface area contributed by atoms with Gasteiger partial charge in [-0.15, -0.1) is 0 Å². The fraction of sp³-hybridized carbons (Fsp3) is 0.350. The van der Waals surface area contributed by atoms with Gasteiger partial charge in [0, 0.05) is 13.1 Å². The van der Waals surface area contributed by atoms with E-state index in [0.29, 0.717) is 23.4 Å². The van der Waals surface area contributed by atoms with Crippen LogP contribution in [0, 0.1) is 20.8 Å². The van der Waals surface area contributed by atoms with E-state index in [0.717, 1.165) is 5.69 Å².